The molecule has 21 heavy (non-hydrogen) atoms. The Balaban J connectivity index is 2.22. The molecule has 0 unspecified atom stereocenters. The molecule has 0 amide bonds. The van der Waals surface area contributed by atoms with Crippen molar-refractivity contribution in [3.63, 3.8) is 0 Å². The molecule has 1 aliphatic heterocycles. The van der Waals surface area contributed by atoms with E-state index in [9.17, 15) is 4.79 Å². The molecular formula is C18H26NO2+. The molecule has 1 aliphatic rings. The summed E-state index contributed by atoms with van der Waals surface area (Å²) in [6.07, 6.45) is 2.97. The van der Waals surface area contributed by atoms with E-state index in [1.165, 1.54) is 22.5 Å². The summed E-state index contributed by atoms with van der Waals surface area (Å²) in [4.78, 5) is 10.6. The van der Waals surface area contributed by atoms with Gasteiger partial charge in [0.1, 0.15) is 6.54 Å². The standard InChI is InChI=1S/C18H25NO2/c1-5-14-9-10-16-15(12-14)18(3,4)13(2)19(16)11-7-6-8-17(20)21/h9-10,12H,5-8,11H2,1-4H3/p+1. The maximum Gasteiger partial charge on any atom is 0.303 e. The van der Waals surface area contributed by atoms with E-state index >= 15 is 0 Å². The molecular weight excluding hydrogens is 262 g/mol. The second kappa shape index (κ2) is 6.00. The SMILES string of the molecule is CCc1ccc2c(c1)C(C)(C)C(C)=[N+]2CCCCC(=O)O. The van der Waals surface area contributed by atoms with Gasteiger partial charge in [0.05, 0.1) is 5.41 Å². The van der Waals surface area contributed by atoms with Crippen LogP contribution in [0.3, 0.4) is 0 Å². The van der Waals surface area contributed by atoms with E-state index in [0.29, 0.717) is 0 Å². The first-order valence-electron chi connectivity index (χ1n) is 7.84. The van der Waals surface area contributed by atoms with Gasteiger partial charge in [-0.2, -0.15) is 4.58 Å². The van der Waals surface area contributed by atoms with Crippen LogP contribution >= 0.6 is 0 Å². The normalized spacial score (nSPS) is 16.2. The summed E-state index contributed by atoms with van der Waals surface area (Å²) in [5, 5.41) is 8.74. The van der Waals surface area contributed by atoms with E-state index in [4.69, 9.17) is 5.11 Å². The zero-order valence-electron chi connectivity index (χ0n) is 13.6. The van der Waals surface area contributed by atoms with Crippen molar-refractivity contribution in [2.75, 3.05) is 6.54 Å². The van der Waals surface area contributed by atoms with Crippen LogP contribution in [0.4, 0.5) is 5.69 Å². The van der Waals surface area contributed by atoms with Gasteiger partial charge >= 0.3 is 5.97 Å². The molecule has 0 spiro atoms. The van der Waals surface area contributed by atoms with Crippen molar-refractivity contribution in [3.8, 4) is 0 Å². The quantitative estimate of drug-likeness (QED) is 0.637. The summed E-state index contributed by atoms with van der Waals surface area (Å²) in [5.74, 6) is -0.703. The number of rotatable bonds is 6. The summed E-state index contributed by atoms with van der Waals surface area (Å²) in [6.45, 7) is 9.84. The summed E-state index contributed by atoms with van der Waals surface area (Å²) in [5.41, 5.74) is 5.50. The third-order valence-corrected chi connectivity index (χ3v) is 4.77. The molecule has 2 rings (SSSR count). The van der Waals surface area contributed by atoms with Crippen LogP contribution in [0.1, 0.15) is 58.1 Å². The van der Waals surface area contributed by atoms with Crippen LogP contribution in [0.25, 0.3) is 0 Å². The van der Waals surface area contributed by atoms with Crippen LogP contribution in [0.15, 0.2) is 18.2 Å². The highest BCUT2D eigenvalue weighted by Gasteiger charge is 2.42. The molecule has 0 atom stereocenters. The number of fused-ring (bicyclic) bond motifs is 1. The van der Waals surface area contributed by atoms with Gasteiger partial charge in [-0.3, -0.25) is 4.79 Å². The number of hydrogen-bond donors (Lipinski definition) is 1. The minimum absolute atomic E-state index is 0.0628. The number of unbranched alkanes of at least 4 members (excludes halogenated alkanes) is 1. The predicted octanol–water partition coefficient (Wildman–Crippen LogP) is 3.90. The van der Waals surface area contributed by atoms with Crippen LogP contribution in [-0.4, -0.2) is 27.9 Å². The van der Waals surface area contributed by atoms with Crippen LogP contribution in [0.5, 0.6) is 0 Å². The maximum atomic E-state index is 10.6. The molecule has 1 aromatic rings. The van der Waals surface area contributed by atoms with Crippen molar-refractivity contribution >= 4 is 17.4 Å². The number of aliphatic carboxylic acids is 1. The largest absolute Gasteiger partial charge is 0.481 e. The van der Waals surface area contributed by atoms with Gasteiger partial charge in [0.25, 0.3) is 0 Å². The Labute approximate surface area is 127 Å². The highest BCUT2D eigenvalue weighted by Crippen LogP contribution is 2.40. The molecule has 1 heterocycles. The van der Waals surface area contributed by atoms with E-state index in [-0.39, 0.29) is 11.8 Å². The van der Waals surface area contributed by atoms with E-state index in [1.54, 1.807) is 0 Å². The fourth-order valence-electron chi connectivity index (χ4n) is 3.09. The smallest absolute Gasteiger partial charge is 0.303 e. The molecule has 3 nitrogen and oxygen atoms in total. The zero-order valence-corrected chi connectivity index (χ0v) is 13.6. The van der Waals surface area contributed by atoms with Gasteiger partial charge in [0.2, 0.25) is 5.69 Å². The van der Waals surface area contributed by atoms with Gasteiger partial charge in [-0.1, -0.05) is 13.0 Å². The van der Waals surface area contributed by atoms with Crippen LogP contribution < -0.4 is 0 Å². The predicted molar refractivity (Wildman–Crippen MR) is 85.8 cm³/mol. The minimum atomic E-state index is -0.703. The lowest BCUT2D eigenvalue weighted by Crippen LogP contribution is -2.26. The van der Waals surface area contributed by atoms with E-state index < -0.39 is 5.97 Å². The zero-order chi connectivity index (χ0) is 15.6. The van der Waals surface area contributed by atoms with Gasteiger partial charge in [-0.15, -0.1) is 0 Å². The number of benzene rings is 1. The summed E-state index contributed by atoms with van der Waals surface area (Å²) in [7, 11) is 0. The number of nitrogens with zero attached hydrogens (tertiary/aromatic N) is 1. The second-order valence-electron chi connectivity index (χ2n) is 6.42. The molecule has 1 N–H and O–H groups in total. The van der Waals surface area contributed by atoms with Gasteiger partial charge in [0.15, 0.2) is 5.71 Å². The highest BCUT2D eigenvalue weighted by molar-refractivity contribution is 5.93. The van der Waals surface area contributed by atoms with Crippen molar-refractivity contribution < 1.29 is 14.5 Å². The summed E-state index contributed by atoms with van der Waals surface area (Å²) in [6, 6.07) is 6.76. The Hall–Kier alpha value is -1.64. The Bertz CT molecular complexity index is 585. The van der Waals surface area contributed by atoms with Gasteiger partial charge in [0, 0.05) is 31.4 Å². The molecule has 0 aromatic heterocycles. The first kappa shape index (κ1) is 15.7. The number of carboxylic acid groups (broad SMARTS) is 1. The number of hydrogen-bond acceptors (Lipinski definition) is 1. The van der Waals surface area contributed by atoms with E-state index in [0.717, 1.165) is 25.8 Å². The van der Waals surface area contributed by atoms with Crippen molar-refractivity contribution in [1.82, 2.24) is 0 Å². The fraction of sp³-hybridized carbons (Fsp3) is 0.556. The van der Waals surface area contributed by atoms with Crippen molar-refractivity contribution in [3.05, 3.63) is 29.3 Å². The van der Waals surface area contributed by atoms with Crippen molar-refractivity contribution in [1.29, 1.82) is 0 Å². The van der Waals surface area contributed by atoms with Gasteiger partial charge < -0.3 is 5.11 Å². The molecule has 0 aliphatic carbocycles. The molecule has 0 saturated carbocycles. The molecule has 114 valence electrons. The number of carboxylic acids is 1. The third kappa shape index (κ3) is 3.02. The van der Waals surface area contributed by atoms with Crippen LogP contribution in [-0.2, 0) is 16.6 Å². The minimum Gasteiger partial charge on any atom is -0.481 e. The lowest BCUT2D eigenvalue weighted by atomic mass is 9.81. The van der Waals surface area contributed by atoms with Gasteiger partial charge in [-0.05, 0) is 38.3 Å². The molecule has 0 saturated heterocycles. The third-order valence-electron chi connectivity index (χ3n) is 4.77. The number of carbonyl (C=O) groups is 1. The maximum absolute atomic E-state index is 10.6. The van der Waals surface area contributed by atoms with Crippen LogP contribution in [0.2, 0.25) is 0 Å². The summed E-state index contributed by atoms with van der Waals surface area (Å²) >= 11 is 0. The molecule has 0 bridgehead atoms. The van der Waals surface area contributed by atoms with Crippen molar-refractivity contribution in [2.24, 2.45) is 0 Å². The second-order valence-corrected chi connectivity index (χ2v) is 6.42. The topological polar surface area (TPSA) is 40.3 Å². The summed E-state index contributed by atoms with van der Waals surface area (Å²) < 4.78 is 2.37. The first-order valence-corrected chi connectivity index (χ1v) is 7.84. The molecule has 0 fully saturated rings. The average Bonchev–Trinajstić information content (AvgIpc) is 2.63. The molecule has 1 aromatic carbocycles. The Morgan fingerprint density at radius 2 is 2.00 bits per heavy atom. The Kier molecular flexibility index (Phi) is 4.50. The lowest BCUT2D eigenvalue weighted by molar-refractivity contribution is -0.439. The van der Waals surface area contributed by atoms with Crippen LogP contribution in [0, 0.1) is 0 Å². The first-order chi connectivity index (χ1) is 9.87. The van der Waals surface area contributed by atoms with Gasteiger partial charge in [-0.25, -0.2) is 0 Å². The lowest BCUT2D eigenvalue weighted by Gasteiger charge is -2.15. The van der Waals surface area contributed by atoms with E-state index in [2.05, 4.69) is 50.5 Å². The van der Waals surface area contributed by atoms with Crippen molar-refractivity contribution in [2.45, 2.75) is 58.8 Å². The highest BCUT2D eigenvalue weighted by atomic mass is 16.4. The Morgan fingerprint density at radius 1 is 1.29 bits per heavy atom. The monoisotopic (exact) mass is 288 g/mol. The average molecular weight is 288 g/mol. The number of aryl methyl sites for hydroxylation is 1. The molecule has 3 heteroatoms. The fourth-order valence-corrected chi connectivity index (χ4v) is 3.09. The molecule has 0 radical (unpaired) electrons. The Morgan fingerprint density at radius 3 is 2.62 bits per heavy atom. The van der Waals surface area contributed by atoms with E-state index in [1.807, 2.05) is 0 Å².